The van der Waals surface area contributed by atoms with Crippen LogP contribution >= 0.6 is 0 Å². The van der Waals surface area contributed by atoms with E-state index in [4.69, 9.17) is 4.74 Å². The van der Waals surface area contributed by atoms with Crippen LogP contribution in [0.3, 0.4) is 0 Å². The number of rotatable bonds is 10. The fourth-order valence-corrected chi connectivity index (χ4v) is 16.6. The second-order valence-electron chi connectivity index (χ2n) is 22.9. The highest BCUT2D eigenvalue weighted by molar-refractivity contribution is 7.91. The number of aliphatic hydroxyl groups is 1. The number of nitrogens with zero attached hydrogens (tertiary/aromatic N) is 2. The molecule has 0 amide bonds. The van der Waals surface area contributed by atoms with Gasteiger partial charge < -0.3 is 25.2 Å². The van der Waals surface area contributed by atoms with Crippen molar-refractivity contribution in [2.24, 2.45) is 68.0 Å². The van der Waals surface area contributed by atoms with Crippen LogP contribution in [0.5, 0.6) is 0 Å². The number of esters is 1. The van der Waals surface area contributed by atoms with Crippen molar-refractivity contribution >= 4 is 33.4 Å². The minimum atomic E-state index is -2.97. The molecule has 0 bridgehead atoms. The minimum absolute atomic E-state index is 0.0280. The molecule has 1 aromatic rings. The standard InChI is InChI=1S/C49H73N3O8S/c1-29(2)40-34(53)25-49(37(54)28-50-26-30-10-13-39(51-27-30)52-20-22-61(58,59)23-21-52)19-18-47(8)31(41(40)49)11-12-36-46(7)16-15-38(45(5,6)35(46)14-17-48(36,47)9)60-43(57)33-24-32(42(55)56)44(33,3)4/h10,13,27,29,31-33,35-38,50,54H,11-12,14-26,28H2,1-9H3,(H,55,56)/t31-,32+,33-,35+,36-,37+,38+,46+,47-,48-,49+/m1/s1. The lowest BCUT2D eigenvalue weighted by Gasteiger charge is -2.72. The SMILES string of the molecule is CC(C)C1=C2[C@H]3CC[C@@H]4[C@@]5(C)CC[C@H](OC(=O)[C@H]6C[C@@H](C(=O)O)C6(C)C)C(C)(C)[C@@H]5CC[C@@]4(C)[C@]3(C)CC[C@@]2([C@@H](O)CNCc2ccc(N3CCS(=O)(=O)CC3)nc2)CC1=O. The van der Waals surface area contributed by atoms with Gasteiger partial charge in [0.25, 0.3) is 0 Å². The van der Waals surface area contributed by atoms with Gasteiger partial charge in [-0.05, 0) is 120 Å². The number of allylic oxidation sites excluding steroid dienone is 1. The van der Waals surface area contributed by atoms with Gasteiger partial charge in [-0.1, -0.05) is 74.0 Å². The van der Waals surface area contributed by atoms with Gasteiger partial charge in [0.1, 0.15) is 11.9 Å². The molecule has 1 aromatic heterocycles. The van der Waals surface area contributed by atoms with Crippen molar-refractivity contribution in [2.45, 2.75) is 145 Å². The van der Waals surface area contributed by atoms with E-state index in [0.717, 1.165) is 68.3 Å². The fraction of sp³-hybridized carbons (Fsp3) is 0.796. The average molecular weight is 864 g/mol. The minimum Gasteiger partial charge on any atom is -0.481 e. The number of aliphatic carboxylic acids is 1. The number of hydrogen-bond donors (Lipinski definition) is 3. The topological polar surface area (TPSA) is 163 Å². The highest BCUT2D eigenvalue weighted by Gasteiger charge is 2.71. The van der Waals surface area contributed by atoms with Crippen LogP contribution in [0.15, 0.2) is 29.5 Å². The van der Waals surface area contributed by atoms with Gasteiger partial charge >= 0.3 is 11.9 Å². The first kappa shape index (κ1) is 44.8. The number of aromatic nitrogens is 1. The van der Waals surface area contributed by atoms with Crippen molar-refractivity contribution in [3.05, 3.63) is 35.0 Å². The summed E-state index contributed by atoms with van der Waals surface area (Å²) in [5.74, 6) is 0.426. The highest BCUT2D eigenvalue weighted by atomic mass is 32.2. The molecule has 7 aliphatic rings. The monoisotopic (exact) mass is 864 g/mol. The van der Waals surface area contributed by atoms with Gasteiger partial charge in [-0.3, -0.25) is 14.4 Å². The Kier molecular flexibility index (Phi) is 11.1. The normalized spacial score (nSPS) is 40.2. The number of anilines is 1. The molecule has 0 radical (unpaired) electrons. The number of ether oxygens (including phenoxy) is 1. The summed E-state index contributed by atoms with van der Waals surface area (Å²) in [4.78, 5) is 46.3. The molecule has 3 N–H and O–H groups in total. The smallest absolute Gasteiger partial charge is 0.309 e. The summed E-state index contributed by atoms with van der Waals surface area (Å²) in [6.45, 7) is 22.1. The summed E-state index contributed by atoms with van der Waals surface area (Å²) < 4.78 is 30.2. The summed E-state index contributed by atoms with van der Waals surface area (Å²) in [5, 5.41) is 25.5. The maximum absolute atomic E-state index is 14.2. The summed E-state index contributed by atoms with van der Waals surface area (Å²) in [6, 6.07) is 3.96. The molecule has 8 rings (SSSR count). The second kappa shape index (κ2) is 15.1. The van der Waals surface area contributed by atoms with Crippen LogP contribution in [0.4, 0.5) is 5.82 Å². The van der Waals surface area contributed by atoms with Crippen LogP contribution in [0.1, 0.15) is 132 Å². The maximum atomic E-state index is 14.2. The molecule has 0 aromatic carbocycles. The van der Waals surface area contributed by atoms with Crippen LogP contribution in [0.25, 0.3) is 0 Å². The molecule has 6 fully saturated rings. The lowest BCUT2D eigenvalue weighted by atomic mass is 9.33. The number of carbonyl (C=O) groups is 3. The van der Waals surface area contributed by atoms with Gasteiger partial charge in [-0.15, -0.1) is 0 Å². The summed E-state index contributed by atoms with van der Waals surface area (Å²) in [7, 11) is -2.97. The van der Waals surface area contributed by atoms with Crippen molar-refractivity contribution in [2.75, 3.05) is 36.0 Å². The quantitative estimate of drug-likeness (QED) is 0.201. The summed E-state index contributed by atoms with van der Waals surface area (Å²) >= 11 is 0. The Morgan fingerprint density at radius 2 is 1.61 bits per heavy atom. The van der Waals surface area contributed by atoms with E-state index in [1.807, 2.05) is 37.1 Å². The summed E-state index contributed by atoms with van der Waals surface area (Å²) in [6.07, 6.45) is 9.35. The maximum Gasteiger partial charge on any atom is 0.309 e. The molecule has 2 heterocycles. The predicted molar refractivity (Wildman–Crippen MR) is 235 cm³/mol. The number of hydrogen-bond acceptors (Lipinski definition) is 10. The Morgan fingerprint density at radius 1 is 0.902 bits per heavy atom. The van der Waals surface area contributed by atoms with Crippen LogP contribution in [-0.2, 0) is 35.5 Å². The zero-order chi connectivity index (χ0) is 44.3. The third-order valence-corrected chi connectivity index (χ3v) is 20.9. The van der Waals surface area contributed by atoms with E-state index >= 15 is 0 Å². The Bertz CT molecular complexity index is 2070. The first-order valence-corrected chi connectivity index (χ1v) is 25.3. The molecule has 0 spiro atoms. The molecule has 6 aliphatic carbocycles. The van der Waals surface area contributed by atoms with E-state index in [2.05, 4.69) is 58.8 Å². The predicted octanol–water partition coefficient (Wildman–Crippen LogP) is 7.41. The molecule has 5 saturated carbocycles. The van der Waals surface area contributed by atoms with E-state index in [1.54, 1.807) is 0 Å². The largest absolute Gasteiger partial charge is 0.481 e. The molecule has 0 unspecified atom stereocenters. The van der Waals surface area contributed by atoms with Crippen molar-refractivity contribution in [3.8, 4) is 0 Å². The van der Waals surface area contributed by atoms with Gasteiger partial charge in [-0.25, -0.2) is 13.4 Å². The number of ketones is 1. The molecule has 61 heavy (non-hydrogen) atoms. The molecular weight excluding hydrogens is 791 g/mol. The Balaban J connectivity index is 0.980. The molecule has 338 valence electrons. The molecule has 1 saturated heterocycles. The lowest BCUT2D eigenvalue weighted by Crippen LogP contribution is -2.66. The number of aliphatic hydroxyl groups excluding tert-OH is 1. The molecular formula is C49H73N3O8S. The van der Waals surface area contributed by atoms with E-state index in [9.17, 15) is 33.0 Å². The average Bonchev–Trinajstić information content (AvgIpc) is 3.49. The molecule has 1 aliphatic heterocycles. The van der Waals surface area contributed by atoms with Crippen LogP contribution in [0, 0.1) is 68.0 Å². The third-order valence-electron chi connectivity index (χ3n) is 19.3. The Hall–Kier alpha value is -2.83. The number of carboxylic acids is 1. The fourth-order valence-electron chi connectivity index (χ4n) is 15.4. The van der Waals surface area contributed by atoms with E-state index < -0.39 is 44.6 Å². The van der Waals surface area contributed by atoms with Gasteiger partial charge in [0.2, 0.25) is 0 Å². The number of Topliss-reactive ketones (excluding diaryl/α,β-unsaturated/α-hetero) is 1. The molecule has 11 atom stereocenters. The first-order valence-electron chi connectivity index (χ1n) is 23.4. The van der Waals surface area contributed by atoms with E-state index in [-0.39, 0.29) is 62.9 Å². The Morgan fingerprint density at radius 3 is 2.23 bits per heavy atom. The number of pyridine rings is 1. The van der Waals surface area contributed by atoms with Crippen LogP contribution in [-0.4, -0.2) is 84.7 Å². The number of nitrogens with one attached hydrogen (secondary N) is 1. The first-order chi connectivity index (χ1) is 28.4. The van der Waals surface area contributed by atoms with Gasteiger partial charge in [-0.2, -0.15) is 0 Å². The third kappa shape index (κ3) is 6.87. The molecule has 11 nitrogen and oxygen atoms in total. The van der Waals surface area contributed by atoms with Gasteiger partial charge in [0.05, 0.1) is 29.4 Å². The zero-order valence-electron chi connectivity index (χ0n) is 38.3. The van der Waals surface area contributed by atoms with Gasteiger partial charge in [0.15, 0.2) is 15.6 Å². The summed E-state index contributed by atoms with van der Waals surface area (Å²) in [5.41, 5.74) is 1.81. The number of carbonyl (C=O) groups excluding carboxylic acids is 2. The van der Waals surface area contributed by atoms with E-state index in [0.29, 0.717) is 50.9 Å². The van der Waals surface area contributed by atoms with E-state index in [1.165, 1.54) is 5.57 Å². The number of fused-ring (bicyclic) bond motifs is 7. The Labute approximate surface area is 364 Å². The van der Waals surface area contributed by atoms with Crippen molar-refractivity contribution in [1.29, 1.82) is 0 Å². The lowest BCUT2D eigenvalue weighted by molar-refractivity contribution is -0.238. The van der Waals surface area contributed by atoms with Crippen LogP contribution in [0.2, 0.25) is 0 Å². The number of sulfone groups is 1. The highest BCUT2D eigenvalue weighted by Crippen LogP contribution is 2.77. The number of carboxylic acid groups (broad SMARTS) is 1. The van der Waals surface area contributed by atoms with Gasteiger partial charge in [0, 0.05) is 49.6 Å². The van der Waals surface area contributed by atoms with Crippen molar-refractivity contribution in [3.63, 3.8) is 0 Å². The van der Waals surface area contributed by atoms with Crippen molar-refractivity contribution in [1.82, 2.24) is 10.3 Å². The zero-order valence-corrected chi connectivity index (χ0v) is 39.1. The molecule has 12 heteroatoms. The van der Waals surface area contributed by atoms with Crippen molar-refractivity contribution < 1.29 is 37.8 Å². The second-order valence-corrected chi connectivity index (χ2v) is 25.3. The van der Waals surface area contributed by atoms with Crippen LogP contribution < -0.4 is 10.2 Å².